The molecule has 2 aromatic carbocycles. The van der Waals surface area contributed by atoms with E-state index in [2.05, 4.69) is 4.98 Å². The third-order valence-electron chi connectivity index (χ3n) is 6.32. The van der Waals surface area contributed by atoms with E-state index in [-0.39, 0.29) is 11.3 Å². The number of aliphatic hydroxyl groups is 1. The maximum atomic E-state index is 13.3. The van der Waals surface area contributed by atoms with Gasteiger partial charge in [0.25, 0.3) is 11.7 Å². The highest BCUT2D eigenvalue weighted by Gasteiger charge is 2.46. The molecule has 0 aliphatic carbocycles. The van der Waals surface area contributed by atoms with Crippen LogP contribution in [0.5, 0.6) is 11.5 Å². The Morgan fingerprint density at radius 1 is 1.00 bits per heavy atom. The molecule has 3 aromatic rings. The van der Waals surface area contributed by atoms with Gasteiger partial charge in [-0.05, 0) is 69.4 Å². The zero-order valence-corrected chi connectivity index (χ0v) is 22.0. The molecule has 1 fully saturated rings. The lowest BCUT2D eigenvalue weighted by atomic mass is 9.95. The summed E-state index contributed by atoms with van der Waals surface area (Å²) in [4.78, 5) is 34.0. The third kappa shape index (κ3) is 6.03. The zero-order chi connectivity index (χ0) is 27.1. The van der Waals surface area contributed by atoms with Gasteiger partial charge in [-0.1, -0.05) is 36.4 Å². The second-order valence-electron chi connectivity index (χ2n) is 9.30. The molecule has 0 saturated carbocycles. The van der Waals surface area contributed by atoms with Gasteiger partial charge in [0.15, 0.2) is 11.5 Å². The van der Waals surface area contributed by atoms with E-state index in [0.717, 1.165) is 12.1 Å². The first-order chi connectivity index (χ1) is 18.4. The summed E-state index contributed by atoms with van der Waals surface area (Å²) >= 11 is 0. The molecule has 1 aromatic heterocycles. The van der Waals surface area contributed by atoms with Crippen LogP contribution in [0.15, 0.2) is 78.6 Å². The minimum absolute atomic E-state index is 0.0476. The van der Waals surface area contributed by atoms with Gasteiger partial charge in [0, 0.05) is 24.5 Å². The smallest absolute Gasteiger partial charge is 0.295 e. The zero-order valence-electron chi connectivity index (χ0n) is 22.0. The van der Waals surface area contributed by atoms with Crippen LogP contribution in [-0.2, 0) is 16.2 Å². The van der Waals surface area contributed by atoms with Crippen LogP contribution in [0.25, 0.3) is 5.76 Å². The van der Waals surface area contributed by atoms with Crippen molar-refractivity contribution in [1.29, 1.82) is 0 Å². The molecular formula is C30H33N3O5. The predicted octanol–water partition coefficient (Wildman–Crippen LogP) is 4.43. The molecule has 2 heterocycles. The molecular weight excluding hydrogens is 482 g/mol. The topological polar surface area (TPSA) is 92.2 Å². The predicted molar refractivity (Wildman–Crippen MR) is 145 cm³/mol. The largest absolute Gasteiger partial charge is 0.507 e. The number of Topliss-reactive ketones (excluding diaryl/α,β-unsaturated/α-hetero) is 1. The van der Waals surface area contributed by atoms with Crippen LogP contribution in [0.4, 0.5) is 0 Å². The number of hydrogen-bond donors (Lipinski definition) is 1. The number of aromatic nitrogens is 1. The number of benzene rings is 2. The Bertz CT molecular complexity index is 1290. The van der Waals surface area contributed by atoms with Gasteiger partial charge >= 0.3 is 0 Å². The van der Waals surface area contributed by atoms with Gasteiger partial charge in [-0.3, -0.25) is 14.6 Å². The second-order valence-corrected chi connectivity index (χ2v) is 9.30. The van der Waals surface area contributed by atoms with Crippen LogP contribution >= 0.6 is 0 Å². The summed E-state index contributed by atoms with van der Waals surface area (Å²) in [6, 6.07) is 17.7. The minimum atomic E-state index is -0.771. The average molecular weight is 516 g/mol. The van der Waals surface area contributed by atoms with Crippen molar-refractivity contribution >= 4 is 17.4 Å². The van der Waals surface area contributed by atoms with E-state index in [9.17, 15) is 14.7 Å². The molecule has 0 bridgehead atoms. The third-order valence-corrected chi connectivity index (χ3v) is 6.32. The average Bonchev–Trinajstić information content (AvgIpc) is 3.18. The van der Waals surface area contributed by atoms with E-state index < -0.39 is 17.7 Å². The summed E-state index contributed by atoms with van der Waals surface area (Å²) in [6.07, 6.45) is 3.73. The number of carbonyl (C=O) groups is 2. The van der Waals surface area contributed by atoms with Crippen LogP contribution in [0.3, 0.4) is 0 Å². The first kappa shape index (κ1) is 26.9. The van der Waals surface area contributed by atoms with Crippen molar-refractivity contribution in [2.24, 2.45) is 0 Å². The lowest BCUT2D eigenvalue weighted by molar-refractivity contribution is -0.139. The van der Waals surface area contributed by atoms with E-state index in [1.807, 2.05) is 62.3 Å². The Balaban J connectivity index is 1.74. The molecule has 1 N–H and O–H groups in total. The number of pyridine rings is 1. The molecule has 0 radical (unpaired) electrons. The van der Waals surface area contributed by atoms with Gasteiger partial charge in [-0.25, -0.2) is 0 Å². The fourth-order valence-electron chi connectivity index (χ4n) is 4.50. The Morgan fingerprint density at radius 3 is 2.42 bits per heavy atom. The summed E-state index contributed by atoms with van der Waals surface area (Å²) in [5.74, 6) is -0.515. The van der Waals surface area contributed by atoms with Crippen LogP contribution < -0.4 is 9.47 Å². The van der Waals surface area contributed by atoms with Crippen molar-refractivity contribution in [1.82, 2.24) is 14.8 Å². The van der Waals surface area contributed by atoms with Crippen LogP contribution in [0.1, 0.15) is 36.1 Å². The minimum Gasteiger partial charge on any atom is -0.507 e. The normalized spacial score (nSPS) is 16.7. The van der Waals surface area contributed by atoms with Crippen molar-refractivity contribution in [2.45, 2.75) is 26.0 Å². The molecule has 1 aliphatic rings. The Hall–Kier alpha value is -4.17. The molecule has 1 amide bonds. The maximum absolute atomic E-state index is 13.3. The molecule has 4 rings (SSSR count). The lowest BCUT2D eigenvalue weighted by Gasteiger charge is -2.26. The van der Waals surface area contributed by atoms with Gasteiger partial charge < -0.3 is 24.4 Å². The van der Waals surface area contributed by atoms with Gasteiger partial charge in [0.05, 0.1) is 18.2 Å². The number of nitrogens with zero attached hydrogens (tertiary/aromatic N) is 3. The van der Waals surface area contributed by atoms with Gasteiger partial charge in [-0.15, -0.1) is 0 Å². The first-order valence-corrected chi connectivity index (χ1v) is 12.7. The lowest BCUT2D eigenvalue weighted by Crippen LogP contribution is -2.32. The van der Waals surface area contributed by atoms with Gasteiger partial charge in [0.2, 0.25) is 0 Å². The molecule has 1 atom stereocenters. The molecule has 1 unspecified atom stereocenters. The van der Waals surface area contributed by atoms with E-state index in [1.54, 1.807) is 24.3 Å². The van der Waals surface area contributed by atoms with E-state index >= 15 is 0 Å². The number of likely N-dealkylation sites (tertiary alicyclic amines) is 1. The number of carbonyl (C=O) groups excluding carboxylic acids is 2. The van der Waals surface area contributed by atoms with E-state index in [4.69, 9.17) is 9.47 Å². The fourth-order valence-corrected chi connectivity index (χ4v) is 4.50. The monoisotopic (exact) mass is 515 g/mol. The molecule has 198 valence electrons. The summed E-state index contributed by atoms with van der Waals surface area (Å²) in [5.41, 5.74) is 2.14. The quantitative estimate of drug-likeness (QED) is 0.229. The van der Waals surface area contributed by atoms with E-state index in [1.165, 1.54) is 17.3 Å². The van der Waals surface area contributed by atoms with Crippen LogP contribution in [0.2, 0.25) is 0 Å². The highest BCUT2D eigenvalue weighted by Crippen LogP contribution is 2.42. The highest BCUT2D eigenvalue weighted by molar-refractivity contribution is 6.46. The second kappa shape index (κ2) is 12.4. The number of amides is 1. The summed E-state index contributed by atoms with van der Waals surface area (Å²) < 4.78 is 12.0. The van der Waals surface area contributed by atoms with E-state index in [0.29, 0.717) is 48.8 Å². The van der Waals surface area contributed by atoms with Crippen LogP contribution in [0, 0.1) is 0 Å². The first-order valence-electron chi connectivity index (χ1n) is 12.7. The Morgan fingerprint density at radius 2 is 1.74 bits per heavy atom. The molecule has 1 aliphatic heterocycles. The Kier molecular flexibility index (Phi) is 8.76. The fraction of sp³-hybridized carbons (Fsp3) is 0.300. The van der Waals surface area contributed by atoms with Gasteiger partial charge in [-0.2, -0.15) is 0 Å². The summed E-state index contributed by atoms with van der Waals surface area (Å²) in [6.45, 7) is 3.76. The number of ketones is 1. The number of hydrogen-bond acceptors (Lipinski definition) is 7. The van der Waals surface area contributed by atoms with Crippen molar-refractivity contribution in [2.75, 3.05) is 33.8 Å². The Labute approximate surface area is 223 Å². The van der Waals surface area contributed by atoms with Crippen molar-refractivity contribution in [3.05, 3.63) is 95.3 Å². The van der Waals surface area contributed by atoms with Crippen molar-refractivity contribution in [3.8, 4) is 11.5 Å². The number of rotatable bonds is 11. The van der Waals surface area contributed by atoms with Crippen molar-refractivity contribution in [3.63, 3.8) is 0 Å². The van der Waals surface area contributed by atoms with Crippen molar-refractivity contribution < 1.29 is 24.2 Å². The molecule has 1 saturated heterocycles. The summed E-state index contributed by atoms with van der Waals surface area (Å²) in [7, 11) is 3.91. The maximum Gasteiger partial charge on any atom is 0.295 e. The van der Waals surface area contributed by atoms with Gasteiger partial charge in [0.1, 0.15) is 12.4 Å². The SMILES string of the molecule is CCOc1cc(C2C(=C(O)c3ccncc3)C(=O)C(=O)N2CCCN(C)C)ccc1OCc1ccccc1. The highest BCUT2D eigenvalue weighted by atomic mass is 16.5. The van der Waals surface area contributed by atoms with Crippen LogP contribution in [-0.4, -0.2) is 65.4 Å². The molecule has 38 heavy (non-hydrogen) atoms. The number of aliphatic hydroxyl groups excluding tert-OH is 1. The summed E-state index contributed by atoms with van der Waals surface area (Å²) in [5, 5.41) is 11.2. The molecule has 8 heteroatoms. The molecule has 0 spiro atoms. The molecule has 8 nitrogen and oxygen atoms in total. The standard InChI is InChI=1S/C30H33N3O5/c1-4-37-25-19-23(11-12-24(25)38-20-21-9-6-5-7-10-21)27-26(28(34)22-13-15-31-16-14-22)29(35)30(36)33(27)18-8-17-32(2)3/h5-7,9-16,19,27,34H,4,8,17-18,20H2,1-3H3. The number of ether oxygens (including phenoxy) is 2.